The molecule has 0 fully saturated rings. The van der Waals surface area contributed by atoms with E-state index in [9.17, 15) is 4.79 Å². The summed E-state index contributed by atoms with van der Waals surface area (Å²) >= 11 is 1.49. The number of nitrogens with zero attached hydrogens (tertiary/aromatic N) is 3. The first kappa shape index (κ1) is 17.8. The molecule has 3 heterocycles. The van der Waals surface area contributed by atoms with E-state index in [4.69, 9.17) is 4.74 Å². The molecule has 0 aliphatic carbocycles. The number of fused-ring (bicyclic) bond motifs is 2. The molecular formula is C20H19N6O2S+. The number of ether oxygens (including phenoxy) is 1. The number of aromatic nitrogens is 3. The zero-order chi connectivity index (χ0) is 19.8. The normalized spacial score (nSPS) is 15.9. The van der Waals surface area contributed by atoms with E-state index in [0.29, 0.717) is 11.4 Å². The van der Waals surface area contributed by atoms with Crippen molar-refractivity contribution in [3.8, 4) is 5.75 Å². The molecule has 1 amide bonds. The molecule has 0 saturated carbocycles. The minimum Gasteiger partial charge on any atom is -0.482 e. The highest BCUT2D eigenvalue weighted by atomic mass is 32.2. The lowest BCUT2D eigenvalue weighted by Gasteiger charge is -2.22. The number of carbonyl (C=O) groups is 1. The minimum absolute atomic E-state index is 0.0445. The van der Waals surface area contributed by atoms with Crippen LogP contribution in [-0.2, 0) is 11.2 Å². The minimum atomic E-state index is -0.154. The average molecular weight is 407 g/mol. The maximum absolute atomic E-state index is 11.6. The van der Waals surface area contributed by atoms with Gasteiger partial charge in [0.2, 0.25) is 11.0 Å². The predicted octanol–water partition coefficient (Wildman–Crippen LogP) is 1.78. The summed E-state index contributed by atoms with van der Waals surface area (Å²) in [6.45, 7) is 0.0445. The highest BCUT2D eigenvalue weighted by Gasteiger charge is 2.25. The van der Waals surface area contributed by atoms with Gasteiger partial charge in [-0.3, -0.25) is 10.2 Å². The van der Waals surface area contributed by atoms with Crippen LogP contribution >= 0.6 is 11.8 Å². The summed E-state index contributed by atoms with van der Waals surface area (Å²) in [7, 11) is 0. The van der Waals surface area contributed by atoms with Crippen LogP contribution in [0.25, 0.3) is 5.70 Å². The molecule has 0 spiro atoms. The Morgan fingerprint density at radius 2 is 2.07 bits per heavy atom. The molecule has 5 rings (SSSR count). The number of rotatable bonds is 4. The van der Waals surface area contributed by atoms with Crippen LogP contribution in [0.15, 0.2) is 59.1 Å². The number of quaternary nitrogens is 1. The van der Waals surface area contributed by atoms with E-state index in [1.807, 2.05) is 46.5 Å². The molecule has 5 N–H and O–H groups in total. The Morgan fingerprint density at radius 3 is 2.93 bits per heavy atom. The molecule has 0 saturated heterocycles. The third kappa shape index (κ3) is 3.45. The van der Waals surface area contributed by atoms with E-state index >= 15 is 0 Å². The molecular weight excluding hydrogens is 388 g/mol. The van der Waals surface area contributed by atoms with Crippen molar-refractivity contribution in [1.29, 1.82) is 0 Å². The van der Waals surface area contributed by atoms with Gasteiger partial charge in [0.15, 0.2) is 12.6 Å². The lowest BCUT2D eigenvalue weighted by atomic mass is 10.1. The molecule has 0 radical (unpaired) electrons. The highest BCUT2D eigenvalue weighted by molar-refractivity contribution is 8.02. The van der Waals surface area contributed by atoms with Gasteiger partial charge in [-0.05, 0) is 23.8 Å². The summed E-state index contributed by atoms with van der Waals surface area (Å²) in [5.41, 5.74) is 11.4. The SMILES string of the molecule is [NH3+][C@@H](Cc1ccccc1)c1nnc2n1NC(c1ccc3c(c1)NC(=O)CO3)=CS2. The van der Waals surface area contributed by atoms with E-state index < -0.39 is 0 Å². The lowest BCUT2D eigenvalue weighted by Crippen LogP contribution is -2.56. The van der Waals surface area contributed by atoms with Crippen molar-refractivity contribution >= 4 is 29.1 Å². The van der Waals surface area contributed by atoms with Crippen molar-refractivity contribution in [2.45, 2.75) is 17.6 Å². The van der Waals surface area contributed by atoms with Crippen LogP contribution in [0.2, 0.25) is 0 Å². The first-order valence-corrected chi connectivity index (χ1v) is 10.1. The first-order chi connectivity index (χ1) is 14.2. The van der Waals surface area contributed by atoms with Gasteiger partial charge in [0.1, 0.15) is 5.75 Å². The summed E-state index contributed by atoms with van der Waals surface area (Å²) in [4.78, 5) is 11.6. The van der Waals surface area contributed by atoms with Crippen LogP contribution in [-0.4, -0.2) is 27.4 Å². The molecule has 1 atom stereocenters. The lowest BCUT2D eigenvalue weighted by molar-refractivity contribution is -0.428. The fourth-order valence-electron chi connectivity index (χ4n) is 3.36. The molecule has 1 aromatic heterocycles. The molecule has 2 aromatic carbocycles. The van der Waals surface area contributed by atoms with E-state index in [1.165, 1.54) is 17.3 Å². The summed E-state index contributed by atoms with van der Waals surface area (Å²) in [6.07, 6.45) is 0.770. The van der Waals surface area contributed by atoms with Crippen molar-refractivity contribution in [2.75, 3.05) is 17.3 Å². The second kappa shape index (κ2) is 7.26. The summed E-state index contributed by atoms with van der Waals surface area (Å²) in [5.74, 6) is 1.29. The number of benzene rings is 2. The number of hydrogen-bond donors (Lipinski definition) is 3. The second-order valence-corrected chi connectivity index (χ2v) is 7.71. The quantitative estimate of drug-likeness (QED) is 0.608. The van der Waals surface area contributed by atoms with E-state index in [0.717, 1.165) is 28.7 Å². The van der Waals surface area contributed by atoms with Crippen molar-refractivity contribution in [1.82, 2.24) is 14.9 Å². The third-order valence-electron chi connectivity index (χ3n) is 4.79. The van der Waals surface area contributed by atoms with Crippen LogP contribution in [0.3, 0.4) is 0 Å². The van der Waals surface area contributed by atoms with Gasteiger partial charge in [-0.25, -0.2) is 4.68 Å². The molecule has 2 aliphatic rings. The Balaban J connectivity index is 1.39. The van der Waals surface area contributed by atoms with Gasteiger partial charge in [0.25, 0.3) is 5.91 Å². The van der Waals surface area contributed by atoms with E-state index in [2.05, 4.69) is 38.8 Å². The van der Waals surface area contributed by atoms with Crippen molar-refractivity contribution in [2.24, 2.45) is 0 Å². The van der Waals surface area contributed by atoms with Crippen molar-refractivity contribution in [3.05, 3.63) is 70.9 Å². The molecule has 0 bridgehead atoms. The van der Waals surface area contributed by atoms with Gasteiger partial charge in [0.05, 0.1) is 11.4 Å². The fourth-order valence-corrected chi connectivity index (χ4v) is 4.10. The van der Waals surface area contributed by atoms with Gasteiger partial charge in [0, 0.05) is 17.4 Å². The largest absolute Gasteiger partial charge is 0.482 e. The Morgan fingerprint density at radius 1 is 1.21 bits per heavy atom. The summed E-state index contributed by atoms with van der Waals surface area (Å²) < 4.78 is 7.32. The molecule has 8 nitrogen and oxygen atoms in total. The maximum Gasteiger partial charge on any atom is 0.262 e. The fraction of sp³-hybridized carbons (Fsp3) is 0.150. The molecule has 29 heavy (non-hydrogen) atoms. The van der Waals surface area contributed by atoms with Gasteiger partial charge in [-0.1, -0.05) is 42.1 Å². The zero-order valence-electron chi connectivity index (χ0n) is 15.5. The smallest absolute Gasteiger partial charge is 0.262 e. The van der Waals surface area contributed by atoms with Crippen LogP contribution < -0.4 is 21.2 Å². The van der Waals surface area contributed by atoms with Crippen LogP contribution in [0, 0.1) is 0 Å². The second-order valence-electron chi connectivity index (χ2n) is 6.87. The number of hydrogen-bond acceptors (Lipinski definition) is 6. The maximum atomic E-state index is 11.6. The van der Waals surface area contributed by atoms with Gasteiger partial charge in [-0.15, -0.1) is 10.2 Å². The monoisotopic (exact) mass is 407 g/mol. The molecule has 2 aliphatic heterocycles. The average Bonchev–Trinajstić information content (AvgIpc) is 3.17. The van der Waals surface area contributed by atoms with Gasteiger partial charge < -0.3 is 15.8 Å². The van der Waals surface area contributed by atoms with Crippen LogP contribution in [0.1, 0.15) is 23.0 Å². The molecule has 3 aromatic rings. The Hall–Kier alpha value is -3.30. The number of thioether (sulfide) groups is 1. The van der Waals surface area contributed by atoms with Crippen LogP contribution in [0.5, 0.6) is 5.75 Å². The molecule has 146 valence electrons. The van der Waals surface area contributed by atoms with E-state index in [-0.39, 0.29) is 18.6 Å². The Labute approximate surface area is 171 Å². The summed E-state index contributed by atoms with van der Waals surface area (Å²) in [6, 6.07) is 15.9. The number of carbonyl (C=O) groups excluding carboxylic acids is 1. The first-order valence-electron chi connectivity index (χ1n) is 9.20. The summed E-state index contributed by atoms with van der Waals surface area (Å²) in [5, 5.41) is 14.2. The zero-order valence-corrected chi connectivity index (χ0v) is 16.3. The van der Waals surface area contributed by atoms with Gasteiger partial charge in [-0.2, -0.15) is 0 Å². The Bertz CT molecular complexity index is 1110. The van der Waals surface area contributed by atoms with Crippen molar-refractivity contribution in [3.63, 3.8) is 0 Å². The number of amides is 1. The van der Waals surface area contributed by atoms with Crippen molar-refractivity contribution < 1.29 is 15.3 Å². The highest BCUT2D eigenvalue weighted by Crippen LogP contribution is 2.34. The number of nitrogens with one attached hydrogen (secondary N) is 2. The topological polar surface area (TPSA) is 109 Å². The number of anilines is 1. The Kier molecular flexibility index (Phi) is 4.45. The third-order valence-corrected chi connectivity index (χ3v) is 5.61. The molecule has 0 unspecified atom stereocenters. The van der Waals surface area contributed by atoms with E-state index in [1.54, 1.807) is 0 Å². The van der Waals surface area contributed by atoms with Gasteiger partial charge >= 0.3 is 0 Å². The van der Waals surface area contributed by atoms with Crippen LogP contribution in [0.4, 0.5) is 5.69 Å². The molecule has 9 heteroatoms. The standard InChI is InChI=1S/C20H18N6O2S/c21-14(8-12-4-2-1-3-5-12)19-23-24-20-26(19)25-16(11-29-20)13-6-7-17-15(9-13)22-18(27)10-28-17/h1-7,9,11,14,25H,8,10,21H2,(H,22,27)/p+1/t14-/m0/s1. The predicted molar refractivity (Wildman–Crippen MR) is 110 cm³/mol.